The van der Waals surface area contributed by atoms with E-state index in [-0.39, 0.29) is 11.6 Å². The van der Waals surface area contributed by atoms with E-state index in [0.717, 1.165) is 64.4 Å². The average molecular weight is 469 g/mol. The van der Waals surface area contributed by atoms with Crippen molar-refractivity contribution in [1.29, 1.82) is 0 Å². The number of nitrogens with one attached hydrogen (secondary N) is 1. The number of aromatic nitrogens is 4. The fraction of sp³-hybridized carbons (Fsp3) is 0.435. The lowest BCUT2D eigenvalue weighted by Gasteiger charge is -2.38. The van der Waals surface area contributed by atoms with Crippen molar-refractivity contribution in [3.05, 3.63) is 38.7 Å². The molecule has 0 radical (unpaired) electrons. The summed E-state index contributed by atoms with van der Waals surface area (Å²) in [5, 5.41) is 2.25. The smallest absolute Gasteiger partial charge is 0.264 e. The van der Waals surface area contributed by atoms with Gasteiger partial charge in [0.05, 0.1) is 25.6 Å². The van der Waals surface area contributed by atoms with Gasteiger partial charge in [0.25, 0.3) is 5.56 Å². The van der Waals surface area contributed by atoms with Gasteiger partial charge in [0, 0.05) is 42.5 Å². The van der Waals surface area contributed by atoms with E-state index < -0.39 is 0 Å². The molecular formula is C23H25ClN6OS. The zero-order chi connectivity index (χ0) is 22.1. The Morgan fingerprint density at radius 2 is 1.97 bits per heavy atom. The van der Waals surface area contributed by atoms with Crippen LogP contribution in [0.4, 0.5) is 5.95 Å². The maximum atomic E-state index is 13.6. The highest BCUT2D eigenvalue weighted by Crippen LogP contribution is 2.41. The number of benzene rings is 1. The number of fused-ring (bicyclic) bond motifs is 4. The first kappa shape index (κ1) is 20.2. The number of halogens is 1. The van der Waals surface area contributed by atoms with Crippen molar-refractivity contribution in [2.75, 3.05) is 4.90 Å². The van der Waals surface area contributed by atoms with Gasteiger partial charge in [-0.25, -0.2) is 4.98 Å². The van der Waals surface area contributed by atoms with Crippen LogP contribution in [0.25, 0.3) is 32.4 Å². The summed E-state index contributed by atoms with van der Waals surface area (Å²) in [6.07, 6.45) is 6.82. The minimum atomic E-state index is -0.0646. The van der Waals surface area contributed by atoms with Crippen LogP contribution in [-0.2, 0) is 13.5 Å². The number of aryl methyl sites for hydroxylation is 1. The van der Waals surface area contributed by atoms with Gasteiger partial charge in [-0.3, -0.25) is 9.36 Å². The maximum Gasteiger partial charge on any atom is 0.264 e. The van der Waals surface area contributed by atoms with Crippen LogP contribution in [0.2, 0.25) is 5.02 Å². The first-order valence-corrected chi connectivity index (χ1v) is 12.4. The summed E-state index contributed by atoms with van der Waals surface area (Å²) >= 11 is 8.42. The van der Waals surface area contributed by atoms with Gasteiger partial charge < -0.3 is 15.6 Å². The predicted molar refractivity (Wildman–Crippen MR) is 131 cm³/mol. The molecule has 3 N–H and O–H groups in total. The van der Waals surface area contributed by atoms with E-state index >= 15 is 0 Å². The van der Waals surface area contributed by atoms with Gasteiger partial charge in [0.1, 0.15) is 5.65 Å². The second-order valence-electron chi connectivity index (χ2n) is 8.96. The minimum absolute atomic E-state index is 0.0646. The Morgan fingerprint density at radius 1 is 1.22 bits per heavy atom. The molecule has 2 saturated heterocycles. The molecule has 32 heavy (non-hydrogen) atoms. The number of nitrogens with two attached hydrogens (primary N) is 1. The number of piperidine rings is 1. The van der Waals surface area contributed by atoms with Gasteiger partial charge in [-0.2, -0.15) is 4.98 Å². The quantitative estimate of drug-likeness (QED) is 0.469. The molecule has 1 unspecified atom stereocenters. The molecule has 3 atom stereocenters. The standard InChI is InChI=1S/C23H25ClN6OS/c1-3-17-27-16-7-6-14(19(24)20(16)32-17)15-10-26-21-18(15)22(31)29(2)23(28-21)30-12-4-5-13(30)9-11(25)8-12/h6-7,10-13,26H,3-5,8-9,25H2,1-2H3/t11?,12-,13+. The molecule has 0 spiro atoms. The molecule has 7 nitrogen and oxygen atoms in total. The molecule has 1 aromatic carbocycles. The van der Waals surface area contributed by atoms with Crippen LogP contribution in [0.3, 0.4) is 0 Å². The zero-order valence-electron chi connectivity index (χ0n) is 18.1. The van der Waals surface area contributed by atoms with E-state index in [9.17, 15) is 4.79 Å². The summed E-state index contributed by atoms with van der Waals surface area (Å²) in [5.74, 6) is 0.729. The van der Waals surface area contributed by atoms with E-state index in [1.54, 1.807) is 15.9 Å². The van der Waals surface area contributed by atoms with Crippen molar-refractivity contribution >= 4 is 50.1 Å². The lowest BCUT2D eigenvalue weighted by Crippen LogP contribution is -2.49. The van der Waals surface area contributed by atoms with Crippen LogP contribution in [-0.4, -0.2) is 37.6 Å². The fourth-order valence-electron chi connectivity index (χ4n) is 5.50. The van der Waals surface area contributed by atoms with Crippen molar-refractivity contribution in [3.8, 4) is 11.1 Å². The predicted octanol–water partition coefficient (Wildman–Crippen LogP) is 4.21. The van der Waals surface area contributed by atoms with Gasteiger partial charge in [-0.15, -0.1) is 11.3 Å². The second-order valence-corrected chi connectivity index (χ2v) is 10.4. The number of anilines is 1. The third-order valence-electron chi connectivity index (χ3n) is 7.02. The van der Waals surface area contributed by atoms with E-state index in [4.69, 9.17) is 22.3 Å². The van der Waals surface area contributed by atoms with Gasteiger partial charge in [-0.1, -0.05) is 24.6 Å². The molecule has 2 aliphatic heterocycles. The van der Waals surface area contributed by atoms with Crippen LogP contribution in [0.15, 0.2) is 23.1 Å². The van der Waals surface area contributed by atoms with Crippen LogP contribution >= 0.6 is 22.9 Å². The van der Waals surface area contributed by atoms with E-state index in [2.05, 4.69) is 21.8 Å². The Kier molecular flexibility index (Phi) is 4.61. The van der Waals surface area contributed by atoms with Crippen molar-refractivity contribution in [1.82, 2.24) is 19.5 Å². The van der Waals surface area contributed by atoms with E-state index in [1.165, 1.54) is 0 Å². The summed E-state index contributed by atoms with van der Waals surface area (Å²) in [6.45, 7) is 2.08. The molecule has 9 heteroatoms. The molecule has 2 fully saturated rings. The molecule has 6 rings (SSSR count). The molecule has 166 valence electrons. The molecule has 0 aliphatic carbocycles. The Labute approximate surface area is 194 Å². The molecule has 2 aliphatic rings. The SMILES string of the molecule is CCc1nc2ccc(-c3c[nH]c4nc(N5[C@@H]6CC[C@H]5CC(N)C6)n(C)c(=O)c34)c(Cl)c2s1. The van der Waals surface area contributed by atoms with Gasteiger partial charge in [-0.05, 0) is 38.2 Å². The fourth-order valence-corrected chi connectivity index (χ4v) is 6.82. The highest BCUT2D eigenvalue weighted by molar-refractivity contribution is 7.19. The normalized spacial score (nSPS) is 23.0. The van der Waals surface area contributed by atoms with Crippen LogP contribution < -0.4 is 16.2 Å². The number of H-pyrrole nitrogens is 1. The average Bonchev–Trinajstić information content (AvgIpc) is 3.46. The van der Waals surface area contributed by atoms with Gasteiger partial charge in [0.2, 0.25) is 5.95 Å². The zero-order valence-corrected chi connectivity index (χ0v) is 19.6. The number of aromatic amines is 1. The minimum Gasteiger partial charge on any atom is -0.345 e. The largest absolute Gasteiger partial charge is 0.345 e. The summed E-state index contributed by atoms with van der Waals surface area (Å²) in [7, 11) is 1.82. The number of nitrogens with zero attached hydrogens (tertiary/aromatic N) is 4. The highest BCUT2D eigenvalue weighted by Gasteiger charge is 2.41. The number of rotatable bonds is 3. The van der Waals surface area contributed by atoms with Gasteiger partial charge in [0.15, 0.2) is 0 Å². The summed E-state index contributed by atoms with van der Waals surface area (Å²) < 4.78 is 2.65. The third-order valence-corrected chi connectivity index (χ3v) is 8.76. The topological polar surface area (TPSA) is 92.8 Å². The molecule has 5 heterocycles. The summed E-state index contributed by atoms with van der Waals surface area (Å²) in [4.78, 5) is 28.7. The van der Waals surface area contributed by atoms with E-state index in [0.29, 0.717) is 28.1 Å². The van der Waals surface area contributed by atoms with Crippen molar-refractivity contribution < 1.29 is 0 Å². The van der Waals surface area contributed by atoms with Crippen molar-refractivity contribution in [3.63, 3.8) is 0 Å². The first-order valence-electron chi connectivity index (χ1n) is 11.2. The molecule has 2 bridgehead atoms. The molecule has 4 aromatic rings. The van der Waals surface area contributed by atoms with Crippen LogP contribution in [0, 0.1) is 0 Å². The summed E-state index contributed by atoms with van der Waals surface area (Å²) in [6, 6.07) is 4.87. The molecule has 3 aromatic heterocycles. The molecular weight excluding hydrogens is 444 g/mol. The van der Waals surface area contributed by atoms with Gasteiger partial charge >= 0.3 is 0 Å². The maximum absolute atomic E-state index is 13.6. The highest BCUT2D eigenvalue weighted by atomic mass is 35.5. The number of hydrogen-bond donors (Lipinski definition) is 2. The monoisotopic (exact) mass is 468 g/mol. The third kappa shape index (κ3) is 2.86. The van der Waals surface area contributed by atoms with E-state index in [1.807, 2.05) is 25.4 Å². The van der Waals surface area contributed by atoms with Crippen molar-refractivity contribution in [2.45, 2.75) is 57.2 Å². The van der Waals surface area contributed by atoms with Crippen LogP contribution in [0.1, 0.15) is 37.6 Å². The Bertz CT molecular complexity index is 1410. The lowest BCUT2D eigenvalue weighted by atomic mass is 9.98. The lowest BCUT2D eigenvalue weighted by molar-refractivity contribution is 0.405. The Balaban J connectivity index is 1.50. The first-order chi connectivity index (χ1) is 15.5. The summed E-state index contributed by atoms with van der Waals surface area (Å²) in [5.41, 5.74) is 9.28. The second kappa shape index (κ2) is 7.30. The molecule has 0 saturated carbocycles. The number of thiazole rings is 1. The van der Waals surface area contributed by atoms with Crippen molar-refractivity contribution in [2.24, 2.45) is 12.8 Å². The molecule has 0 amide bonds. The Hall–Kier alpha value is -2.42. The number of hydrogen-bond acceptors (Lipinski definition) is 6. The van der Waals surface area contributed by atoms with Crippen LogP contribution in [0.5, 0.6) is 0 Å². The Morgan fingerprint density at radius 3 is 2.69 bits per heavy atom.